The van der Waals surface area contributed by atoms with Crippen LogP contribution in [0.4, 0.5) is 19.3 Å². The number of hydrogen-bond donors (Lipinski definition) is 2. The van der Waals surface area contributed by atoms with E-state index in [1.807, 2.05) is 0 Å². The minimum absolute atomic E-state index is 0.105. The molecule has 3 aliphatic heterocycles. The van der Waals surface area contributed by atoms with Gasteiger partial charge in [-0.2, -0.15) is 0 Å². The molecule has 0 aliphatic carbocycles. The summed E-state index contributed by atoms with van der Waals surface area (Å²) in [7, 11) is 1.27. The van der Waals surface area contributed by atoms with Gasteiger partial charge in [-0.05, 0) is 30.3 Å². The fourth-order valence-corrected chi connectivity index (χ4v) is 7.14. The van der Waals surface area contributed by atoms with Gasteiger partial charge in [-0.15, -0.1) is 11.3 Å². The number of fused-ring (bicyclic) bond motifs is 1. The summed E-state index contributed by atoms with van der Waals surface area (Å²) in [5, 5.41) is 14.9. The van der Waals surface area contributed by atoms with Gasteiger partial charge in [0.05, 0.1) is 42.4 Å². The van der Waals surface area contributed by atoms with Crippen molar-refractivity contribution >= 4 is 52.4 Å². The number of esters is 1. The summed E-state index contributed by atoms with van der Waals surface area (Å²) in [6, 6.07) is 7.42. The maximum Gasteiger partial charge on any atom is 0.338 e. The fourth-order valence-electron chi connectivity index (χ4n) is 6.28. The highest BCUT2D eigenvalue weighted by Gasteiger charge is 2.42. The number of thiazole rings is 1. The predicted octanol–water partition coefficient (Wildman–Crippen LogP) is 5.10. The Labute approximate surface area is 298 Å². The second kappa shape index (κ2) is 14.0. The van der Waals surface area contributed by atoms with Gasteiger partial charge < -0.3 is 24.8 Å². The van der Waals surface area contributed by atoms with Crippen molar-refractivity contribution in [1.29, 1.82) is 0 Å². The number of ether oxygens (including phenoxy) is 2. The van der Waals surface area contributed by atoms with Crippen LogP contribution in [-0.2, 0) is 9.53 Å². The Morgan fingerprint density at radius 3 is 2.69 bits per heavy atom. The van der Waals surface area contributed by atoms with Gasteiger partial charge in [0.15, 0.2) is 22.4 Å². The summed E-state index contributed by atoms with van der Waals surface area (Å²) in [5.41, 5.74) is 1.37. The summed E-state index contributed by atoms with van der Waals surface area (Å²) >= 11 is 7.84. The van der Waals surface area contributed by atoms with Crippen molar-refractivity contribution in [3.8, 4) is 11.5 Å². The first-order chi connectivity index (χ1) is 24.6. The molecule has 2 aromatic heterocycles. The van der Waals surface area contributed by atoms with Crippen LogP contribution in [0.1, 0.15) is 27.0 Å². The van der Waals surface area contributed by atoms with Crippen molar-refractivity contribution in [3.63, 3.8) is 0 Å². The van der Waals surface area contributed by atoms with E-state index >= 15 is 0 Å². The summed E-state index contributed by atoms with van der Waals surface area (Å²) in [4.78, 5) is 56.9. The van der Waals surface area contributed by atoms with Crippen molar-refractivity contribution in [2.75, 3.05) is 44.7 Å². The second-order valence-electron chi connectivity index (χ2n) is 11.8. The first-order valence-corrected chi connectivity index (χ1v) is 16.8. The Morgan fingerprint density at radius 2 is 1.96 bits per heavy atom. The number of amidine groups is 1. The number of carbonyl (C=O) groups is 3. The second-order valence-corrected chi connectivity index (χ2v) is 13.1. The quantitative estimate of drug-likeness (QED) is 0.222. The standard InChI is InChI=1S/C34H28ClF2N7O6S/c1-49-33(47)28-26(40-30(31-39-6-9-51-31)41-29(28)23-4-3-19(36)11-24(23)35)17-42-7-8-43-21(15-42)16-44(34(43)48)20-12-22(14-38-13-20)50-27-5-2-18(32(45)46)10-25(27)37/h2-6,9-14,21,29H,7-8,15-17H2,1H3,(H,40,41)(H,45,46)/t21-,29-/m0/s1. The Bertz CT molecular complexity index is 2100. The van der Waals surface area contributed by atoms with Crippen LogP contribution < -0.4 is 15.0 Å². The van der Waals surface area contributed by atoms with Crippen LogP contribution in [0.5, 0.6) is 11.5 Å². The number of benzene rings is 2. The summed E-state index contributed by atoms with van der Waals surface area (Å²) in [6.07, 6.45) is 4.51. The number of anilines is 1. The van der Waals surface area contributed by atoms with E-state index in [1.54, 1.807) is 27.4 Å². The van der Waals surface area contributed by atoms with Crippen LogP contribution in [0, 0.1) is 11.6 Å². The van der Waals surface area contributed by atoms with Crippen LogP contribution in [-0.4, -0.2) is 94.6 Å². The molecule has 0 spiro atoms. The number of pyridine rings is 1. The molecule has 17 heteroatoms. The van der Waals surface area contributed by atoms with E-state index < -0.39 is 29.6 Å². The first-order valence-electron chi connectivity index (χ1n) is 15.6. The van der Waals surface area contributed by atoms with E-state index in [1.165, 1.54) is 61.2 Å². The van der Waals surface area contributed by atoms with Gasteiger partial charge in [-0.3, -0.25) is 19.8 Å². The van der Waals surface area contributed by atoms with Gasteiger partial charge in [0, 0.05) is 66.7 Å². The normalized spacial score (nSPS) is 19.1. The number of carboxylic acids is 1. The molecule has 262 valence electrons. The van der Waals surface area contributed by atoms with Crippen LogP contribution >= 0.6 is 22.9 Å². The Hall–Kier alpha value is -5.45. The van der Waals surface area contributed by atoms with E-state index in [2.05, 4.69) is 20.2 Å². The van der Waals surface area contributed by atoms with Crippen molar-refractivity contribution in [1.82, 2.24) is 25.1 Å². The largest absolute Gasteiger partial charge is 0.478 e. The average molecular weight is 736 g/mol. The summed E-state index contributed by atoms with van der Waals surface area (Å²) < 4.78 is 39.4. The van der Waals surface area contributed by atoms with E-state index in [4.69, 9.17) is 31.2 Å². The Morgan fingerprint density at radius 1 is 1.12 bits per heavy atom. The fraction of sp³-hybridized carbons (Fsp3) is 0.235. The smallest absolute Gasteiger partial charge is 0.338 e. The van der Waals surface area contributed by atoms with Crippen LogP contribution in [0.2, 0.25) is 5.02 Å². The van der Waals surface area contributed by atoms with Crippen LogP contribution in [0.25, 0.3) is 0 Å². The molecule has 7 rings (SSSR count). The van der Waals surface area contributed by atoms with Gasteiger partial charge in [-0.25, -0.2) is 28.1 Å². The number of amides is 2. The van der Waals surface area contributed by atoms with Crippen molar-refractivity contribution < 1.29 is 37.7 Å². The van der Waals surface area contributed by atoms with Crippen LogP contribution in [0.15, 0.2) is 82.7 Å². The third-order valence-corrected chi connectivity index (χ3v) is 9.77. The maximum absolute atomic E-state index is 14.5. The third-order valence-electron chi connectivity index (χ3n) is 8.66. The van der Waals surface area contributed by atoms with E-state index in [0.29, 0.717) is 54.0 Å². The molecule has 3 aliphatic rings. The number of hydrogen-bond acceptors (Lipinski definition) is 11. The molecule has 2 N–H and O–H groups in total. The number of aliphatic imine (C=N–C) groups is 1. The molecule has 13 nitrogen and oxygen atoms in total. The molecule has 51 heavy (non-hydrogen) atoms. The number of aromatic carboxylic acids is 1. The number of piperazine rings is 1. The Balaban J connectivity index is 1.11. The lowest BCUT2D eigenvalue weighted by Gasteiger charge is -2.38. The van der Waals surface area contributed by atoms with Gasteiger partial charge in [0.2, 0.25) is 0 Å². The predicted molar refractivity (Wildman–Crippen MR) is 182 cm³/mol. The van der Waals surface area contributed by atoms with E-state index in [9.17, 15) is 23.2 Å². The van der Waals surface area contributed by atoms with E-state index in [-0.39, 0.29) is 46.3 Å². The zero-order valence-electron chi connectivity index (χ0n) is 26.8. The molecule has 2 saturated heterocycles. The summed E-state index contributed by atoms with van der Waals surface area (Å²) in [6.45, 7) is 1.91. The zero-order chi connectivity index (χ0) is 35.8. The first kappa shape index (κ1) is 34.0. The number of carbonyl (C=O) groups excluding carboxylic acids is 2. The van der Waals surface area contributed by atoms with Gasteiger partial charge in [-0.1, -0.05) is 17.7 Å². The lowest BCUT2D eigenvalue weighted by Crippen LogP contribution is -2.53. The molecule has 5 heterocycles. The summed E-state index contributed by atoms with van der Waals surface area (Å²) in [5.74, 6) is -2.89. The van der Waals surface area contributed by atoms with Gasteiger partial charge in [0.25, 0.3) is 0 Å². The van der Waals surface area contributed by atoms with Gasteiger partial charge >= 0.3 is 18.0 Å². The maximum atomic E-state index is 14.5. The molecule has 4 aromatic rings. The minimum Gasteiger partial charge on any atom is -0.478 e. The molecule has 2 amide bonds. The topological polar surface area (TPSA) is 150 Å². The highest BCUT2D eigenvalue weighted by Crippen LogP contribution is 2.37. The number of aromatic nitrogens is 2. The Kier molecular flexibility index (Phi) is 9.37. The molecular weight excluding hydrogens is 708 g/mol. The van der Waals surface area contributed by atoms with Crippen molar-refractivity contribution in [2.24, 2.45) is 4.99 Å². The van der Waals surface area contributed by atoms with E-state index in [0.717, 1.165) is 6.07 Å². The zero-order valence-corrected chi connectivity index (χ0v) is 28.3. The average Bonchev–Trinajstić information content (AvgIpc) is 3.77. The monoisotopic (exact) mass is 735 g/mol. The molecule has 0 bridgehead atoms. The third kappa shape index (κ3) is 6.85. The highest BCUT2D eigenvalue weighted by molar-refractivity contribution is 7.11. The SMILES string of the molecule is COC(=O)C1=C(CN2CCN3C(=O)N(c4cncc(Oc5ccc(C(=O)O)cc5F)c4)C[C@@H]3C2)NC(c2nccs2)=N[C@H]1c1ccc(F)cc1Cl. The highest BCUT2D eigenvalue weighted by atomic mass is 35.5. The molecular formula is C34H28ClF2N7O6S. The molecule has 0 radical (unpaired) electrons. The number of halogens is 3. The van der Waals surface area contributed by atoms with Crippen LogP contribution in [0.3, 0.4) is 0 Å². The lowest BCUT2D eigenvalue weighted by atomic mass is 9.95. The number of methoxy groups -OCH3 is 1. The van der Waals surface area contributed by atoms with Crippen molar-refractivity contribution in [3.05, 3.63) is 110 Å². The molecule has 0 unspecified atom stereocenters. The number of nitrogens with one attached hydrogen (secondary N) is 1. The number of urea groups is 1. The number of carboxylic acid groups (broad SMARTS) is 1. The minimum atomic E-state index is -1.27. The molecule has 2 atom stereocenters. The van der Waals surface area contributed by atoms with Crippen molar-refractivity contribution in [2.45, 2.75) is 12.1 Å². The lowest BCUT2D eigenvalue weighted by molar-refractivity contribution is -0.136. The molecule has 2 aromatic carbocycles. The molecule has 2 fully saturated rings. The number of rotatable bonds is 9. The number of nitrogens with zero attached hydrogens (tertiary/aromatic N) is 6. The molecule has 0 saturated carbocycles. The van der Waals surface area contributed by atoms with Gasteiger partial charge in [0.1, 0.15) is 17.6 Å².